The summed E-state index contributed by atoms with van der Waals surface area (Å²) in [6, 6.07) is 0. The third-order valence-electron chi connectivity index (χ3n) is 3.29. The number of carbonyl (C=O) groups is 2. The zero-order valence-corrected chi connectivity index (χ0v) is 13.2. The van der Waals surface area contributed by atoms with Crippen LogP contribution in [0.4, 0.5) is 0 Å². The van der Waals surface area contributed by atoms with Gasteiger partial charge in [-0.2, -0.15) is 17.0 Å². The van der Waals surface area contributed by atoms with Crippen molar-refractivity contribution in [3.8, 4) is 0 Å². The van der Waals surface area contributed by atoms with Crippen LogP contribution < -0.4 is 5.73 Å². The Labute approximate surface area is 125 Å². The van der Waals surface area contributed by atoms with Crippen LogP contribution in [0.15, 0.2) is 0 Å². The number of hydrogen-bond acceptors (Lipinski definition) is 4. The van der Waals surface area contributed by atoms with E-state index in [1.54, 1.807) is 0 Å². The van der Waals surface area contributed by atoms with Crippen LogP contribution in [0, 0.1) is 11.8 Å². The Morgan fingerprint density at radius 2 is 2.05 bits per heavy atom. The molecular weight excluding hydrogens is 298 g/mol. The minimum Gasteiger partial charge on any atom is -0.481 e. The monoisotopic (exact) mass is 321 g/mol. The molecule has 1 amide bonds. The largest absolute Gasteiger partial charge is 0.481 e. The van der Waals surface area contributed by atoms with Gasteiger partial charge in [0.15, 0.2) is 0 Å². The van der Waals surface area contributed by atoms with Crippen LogP contribution in [0.1, 0.15) is 26.7 Å². The maximum atomic E-state index is 12.6. The van der Waals surface area contributed by atoms with Crippen molar-refractivity contribution >= 4 is 22.1 Å². The molecule has 1 heterocycles. The Kier molecular flexibility index (Phi) is 6.11. The standard InChI is InChI=1S/C12H23N3O5S/c1-9(2)6-15(8-11(13)16)21(19,20)14-5-3-4-10(7-14)12(17)18/h9-10H,3-8H2,1-2H3,(H2,13,16)(H,17,18). The molecule has 0 aromatic rings. The normalized spacial score (nSPS) is 20.9. The summed E-state index contributed by atoms with van der Waals surface area (Å²) >= 11 is 0. The molecule has 1 fully saturated rings. The number of hydrogen-bond donors (Lipinski definition) is 2. The highest BCUT2D eigenvalue weighted by atomic mass is 32.2. The van der Waals surface area contributed by atoms with E-state index in [4.69, 9.17) is 10.8 Å². The number of aliphatic carboxylic acids is 1. The minimum absolute atomic E-state index is 0.0270. The summed E-state index contributed by atoms with van der Waals surface area (Å²) in [5.74, 6) is -2.41. The van der Waals surface area contributed by atoms with Crippen molar-refractivity contribution in [2.45, 2.75) is 26.7 Å². The Morgan fingerprint density at radius 1 is 1.43 bits per heavy atom. The van der Waals surface area contributed by atoms with Crippen molar-refractivity contribution in [2.24, 2.45) is 17.6 Å². The molecule has 3 N–H and O–H groups in total. The number of piperidine rings is 1. The van der Waals surface area contributed by atoms with Gasteiger partial charge in [-0.1, -0.05) is 13.8 Å². The predicted molar refractivity (Wildman–Crippen MR) is 76.5 cm³/mol. The van der Waals surface area contributed by atoms with E-state index < -0.39 is 34.5 Å². The van der Waals surface area contributed by atoms with Crippen molar-refractivity contribution in [3.63, 3.8) is 0 Å². The average molecular weight is 321 g/mol. The van der Waals surface area contributed by atoms with E-state index in [-0.39, 0.29) is 25.6 Å². The van der Waals surface area contributed by atoms with Gasteiger partial charge in [-0.05, 0) is 18.8 Å². The molecule has 1 saturated heterocycles. The van der Waals surface area contributed by atoms with Gasteiger partial charge in [-0.3, -0.25) is 9.59 Å². The van der Waals surface area contributed by atoms with Crippen molar-refractivity contribution in [3.05, 3.63) is 0 Å². The number of nitrogens with two attached hydrogens (primary N) is 1. The Balaban J connectivity index is 2.93. The first-order chi connectivity index (χ1) is 9.64. The van der Waals surface area contributed by atoms with Crippen LogP contribution in [0.3, 0.4) is 0 Å². The molecule has 1 aliphatic heterocycles. The highest BCUT2D eigenvalue weighted by Gasteiger charge is 2.36. The fraction of sp³-hybridized carbons (Fsp3) is 0.833. The molecule has 0 spiro atoms. The molecule has 1 aliphatic rings. The zero-order valence-electron chi connectivity index (χ0n) is 12.4. The van der Waals surface area contributed by atoms with Gasteiger partial charge in [0.1, 0.15) is 0 Å². The number of nitrogens with zero attached hydrogens (tertiary/aromatic N) is 2. The topological polar surface area (TPSA) is 121 Å². The van der Waals surface area contributed by atoms with Gasteiger partial charge < -0.3 is 10.8 Å². The molecule has 0 saturated carbocycles. The first kappa shape index (κ1) is 17.9. The Morgan fingerprint density at radius 3 is 2.52 bits per heavy atom. The third-order valence-corrected chi connectivity index (χ3v) is 5.20. The second kappa shape index (κ2) is 7.19. The van der Waals surface area contributed by atoms with Crippen molar-refractivity contribution in [1.29, 1.82) is 0 Å². The van der Waals surface area contributed by atoms with Crippen LogP contribution in [-0.2, 0) is 19.8 Å². The SMILES string of the molecule is CC(C)CN(CC(N)=O)S(=O)(=O)N1CCCC(C(=O)O)C1. The summed E-state index contributed by atoms with van der Waals surface area (Å²) in [7, 11) is -3.88. The fourth-order valence-corrected chi connectivity index (χ4v) is 4.17. The number of carbonyl (C=O) groups excluding carboxylic acids is 1. The number of rotatable bonds is 7. The van der Waals surface area contributed by atoms with E-state index in [0.717, 1.165) is 8.61 Å². The molecule has 0 aromatic carbocycles. The number of carboxylic acids is 1. The quantitative estimate of drug-likeness (QED) is 0.653. The van der Waals surface area contributed by atoms with E-state index in [9.17, 15) is 18.0 Å². The summed E-state index contributed by atoms with van der Waals surface area (Å²) in [5.41, 5.74) is 5.11. The predicted octanol–water partition coefficient (Wildman–Crippen LogP) is -0.529. The average Bonchev–Trinajstić information content (AvgIpc) is 2.37. The summed E-state index contributed by atoms with van der Waals surface area (Å²) in [6.07, 6.45) is 0.948. The van der Waals surface area contributed by atoms with Crippen LogP contribution in [0.2, 0.25) is 0 Å². The zero-order chi connectivity index (χ0) is 16.2. The summed E-state index contributed by atoms with van der Waals surface area (Å²) in [4.78, 5) is 22.1. The van der Waals surface area contributed by atoms with Crippen LogP contribution in [0.5, 0.6) is 0 Å². The Hall–Kier alpha value is -1.19. The lowest BCUT2D eigenvalue weighted by Crippen LogP contribution is -2.51. The molecule has 0 aromatic heterocycles. The number of carboxylic acid groups (broad SMARTS) is 1. The van der Waals surface area contributed by atoms with Gasteiger partial charge in [-0.25, -0.2) is 0 Å². The minimum atomic E-state index is -3.88. The van der Waals surface area contributed by atoms with Gasteiger partial charge in [0.05, 0.1) is 12.5 Å². The van der Waals surface area contributed by atoms with Gasteiger partial charge in [0, 0.05) is 19.6 Å². The van der Waals surface area contributed by atoms with E-state index in [0.29, 0.717) is 12.8 Å². The van der Waals surface area contributed by atoms with E-state index in [1.807, 2.05) is 13.8 Å². The van der Waals surface area contributed by atoms with Crippen molar-refractivity contribution in [1.82, 2.24) is 8.61 Å². The van der Waals surface area contributed by atoms with Crippen molar-refractivity contribution in [2.75, 3.05) is 26.2 Å². The molecule has 0 aliphatic carbocycles. The molecule has 1 atom stereocenters. The van der Waals surface area contributed by atoms with Crippen LogP contribution in [0.25, 0.3) is 0 Å². The molecule has 0 bridgehead atoms. The molecule has 0 radical (unpaired) electrons. The van der Waals surface area contributed by atoms with E-state index >= 15 is 0 Å². The lowest BCUT2D eigenvalue weighted by Gasteiger charge is -2.34. The molecule has 1 unspecified atom stereocenters. The number of amides is 1. The smallest absolute Gasteiger partial charge is 0.307 e. The summed E-state index contributed by atoms with van der Waals surface area (Å²) < 4.78 is 27.3. The third kappa shape index (κ3) is 4.94. The van der Waals surface area contributed by atoms with Crippen LogP contribution in [-0.4, -0.2) is 60.2 Å². The second-order valence-electron chi connectivity index (χ2n) is 5.70. The molecule has 1 rings (SSSR count). The van der Waals surface area contributed by atoms with Crippen molar-refractivity contribution < 1.29 is 23.1 Å². The fourth-order valence-electron chi connectivity index (χ4n) is 2.34. The Bertz CT molecular complexity index is 491. The second-order valence-corrected chi connectivity index (χ2v) is 7.62. The maximum absolute atomic E-state index is 12.6. The molecule has 8 nitrogen and oxygen atoms in total. The summed E-state index contributed by atoms with van der Waals surface area (Å²) in [6.45, 7) is 3.64. The van der Waals surface area contributed by atoms with Gasteiger partial charge in [0.2, 0.25) is 5.91 Å². The molecule has 9 heteroatoms. The lowest BCUT2D eigenvalue weighted by molar-refractivity contribution is -0.143. The van der Waals surface area contributed by atoms with E-state index in [1.165, 1.54) is 0 Å². The molecular formula is C12H23N3O5S. The molecule has 122 valence electrons. The molecule has 21 heavy (non-hydrogen) atoms. The highest BCUT2D eigenvalue weighted by Crippen LogP contribution is 2.21. The first-order valence-corrected chi connectivity index (χ1v) is 8.30. The maximum Gasteiger partial charge on any atom is 0.307 e. The van der Waals surface area contributed by atoms with Gasteiger partial charge in [-0.15, -0.1) is 0 Å². The highest BCUT2D eigenvalue weighted by molar-refractivity contribution is 7.86. The summed E-state index contributed by atoms with van der Waals surface area (Å²) in [5, 5.41) is 9.04. The van der Waals surface area contributed by atoms with Crippen LogP contribution >= 0.6 is 0 Å². The lowest BCUT2D eigenvalue weighted by atomic mass is 10.0. The van der Waals surface area contributed by atoms with Gasteiger partial charge >= 0.3 is 5.97 Å². The van der Waals surface area contributed by atoms with Gasteiger partial charge in [0.25, 0.3) is 10.2 Å². The van der Waals surface area contributed by atoms with E-state index in [2.05, 4.69) is 0 Å². The first-order valence-electron chi connectivity index (χ1n) is 6.91. The number of primary amides is 1.